The van der Waals surface area contributed by atoms with Gasteiger partial charge in [-0.1, -0.05) is 32.9 Å². The fourth-order valence-electron chi connectivity index (χ4n) is 2.84. The van der Waals surface area contributed by atoms with Gasteiger partial charge in [0.2, 0.25) is 0 Å². The summed E-state index contributed by atoms with van der Waals surface area (Å²) >= 11 is 0. The van der Waals surface area contributed by atoms with E-state index in [1.165, 1.54) is 12.0 Å². The van der Waals surface area contributed by atoms with Gasteiger partial charge in [-0.2, -0.15) is 0 Å². The average molecular weight is 290 g/mol. The van der Waals surface area contributed by atoms with E-state index in [9.17, 15) is 0 Å². The molecule has 1 aliphatic rings. The second-order valence-electron chi connectivity index (χ2n) is 7.33. The first-order chi connectivity index (χ1) is 9.86. The number of rotatable bonds is 5. The van der Waals surface area contributed by atoms with Crippen molar-refractivity contribution >= 4 is 0 Å². The molecule has 0 aliphatic carbocycles. The van der Waals surface area contributed by atoms with Crippen LogP contribution in [-0.4, -0.2) is 37.2 Å². The van der Waals surface area contributed by atoms with Gasteiger partial charge in [0.15, 0.2) is 0 Å². The minimum absolute atomic E-state index is 0.196. The summed E-state index contributed by atoms with van der Waals surface area (Å²) in [6.07, 6.45) is 1.22. The summed E-state index contributed by atoms with van der Waals surface area (Å²) in [5.74, 6) is 1.61. The van der Waals surface area contributed by atoms with Crippen LogP contribution in [0.5, 0.6) is 5.75 Å². The molecule has 3 heteroatoms. The zero-order valence-electron chi connectivity index (χ0n) is 13.9. The maximum atomic E-state index is 5.97. The van der Waals surface area contributed by atoms with Crippen LogP contribution in [0, 0.1) is 5.92 Å². The fraction of sp³-hybridized carbons (Fsp3) is 0.667. The van der Waals surface area contributed by atoms with E-state index >= 15 is 0 Å². The lowest BCUT2D eigenvalue weighted by Gasteiger charge is -2.20. The fourth-order valence-corrected chi connectivity index (χ4v) is 2.84. The first-order valence-electron chi connectivity index (χ1n) is 8.07. The molecule has 3 nitrogen and oxygen atoms in total. The third kappa shape index (κ3) is 4.72. The van der Waals surface area contributed by atoms with E-state index in [1.54, 1.807) is 0 Å². The molecule has 0 bridgehead atoms. The minimum atomic E-state index is 0.196. The lowest BCUT2D eigenvalue weighted by atomic mass is 9.87. The highest BCUT2D eigenvalue weighted by Gasteiger charge is 2.24. The van der Waals surface area contributed by atoms with Crippen molar-refractivity contribution in [2.24, 2.45) is 11.7 Å². The quantitative estimate of drug-likeness (QED) is 0.906. The molecule has 2 rings (SSSR count). The van der Waals surface area contributed by atoms with Gasteiger partial charge >= 0.3 is 0 Å². The average Bonchev–Trinajstić information content (AvgIpc) is 2.87. The SMILES string of the molecule is CC(N)C1CCN(CCOc2ccc(C(C)(C)C)cc2)C1. The van der Waals surface area contributed by atoms with E-state index in [0.29, 0.717) is 12.0 Å². The van der Waals surface area contributed by atoms with Gasteiger partial charge in [0, 0.05) is 19.1 Å². The monoisotopic (exact) mass is 290 g/mol. The molecular weight excluding hydrogens is 260 g/mol. The molecule has 21 heavy (non-hydrogen) atoms. The van der Waals surface area contributed by atoms with Gasteiger partial charge in [-0.05, 0) is 48.9 Å². The van der Waals surface area contributed by atoms with Crippen molar-refractivity contribution in [3.05, 3.63) is 29.8 Å². The first kappa shape index (κ1) is 16.3. The molecule has 1 fully saturated rings. The Bertz CT molecular complexity index is 434. The molecule has 0 amide bonds. The van der Waals surface area contributed by atoms with Crippen molar-refractivity contribution in [2.75, 3.05) is 26.2 Å². The molecule has 1 aromatic carbocycles. The zero-order chi connectivity index (χ0) is 15.5. The predicted octanol–water partition coefficient (Wildman–Crippen LogP) is 3.03. The second kappa shape index (κ2) is 6.80. The molecule has 0 radical (unpaired) electrons. The highest BCUT2D eigenvalue weighted by atomic mass is 16.5. The van der Waals surface area contributed by atoms with Gasteiger partial charge in [0.05, 0.1) is 0 Å². The van der Waals surface area contributed by atoms with Crippen molar-refractivity contribution in [2.45, 2.75) is 45.6 Å². The third-order valence-electron chi connectivity index (χ3n) is 4.45. The van der Waals surface area contributed by atoms with E-state index in [2.05, 4.69) is 56.9 Å². The normalized spacial score (nSPS) is 21.5. The number of hydrogen-bond donors (Lipinski definition) is 1. The Labute approximate surface area is 129 Å². The topological polar surface area (TPSA) is 38.5 Å². The first-order valence-corrected chi connectivity index (χ1v) is 8.07. The third-order valence-corrected chi connectivity index (χ3v) is 4.45. The van der Waals surface area contributed by atoms with Crippen molar-refractivity contribution < 1.29 is 4.74 Å². The second-order valence-corrected chi connectivity index (χ2v) is 7.33. The number of likely N-dealkylation sites (tertiary alicyclic amines) is 1. The predicted molar refractivity (Wildman–Crippen MR) is 88.8 cm³/mol. The summed E-state index contributed by atoms with van der Waals surface area (Å²) in [4.78, 5) is 2.46. The Morgan fingerprint density at radius 2 is 1.95 bits per heavy atom. The van der Waals surface area contributed by atoms with Crippen LogP contribution in [0.15, 0.2) is 24.3 Å². The minimum Gasteiger partial charge on any atom is -0.492 e. The van der Waals surface area contributed by atoms with Crippen molar-refractivity contribution in [1.29, 1.82) is 0 Å². The lowest BCUT2D eigenvalue weighted by molar-refractivity contribution is 0.230. The Balaban J connectivity index is 1.74. The summed E-state index contributed by atoms with van der Waals surface area (Å²) in [5.41, 5.74) is 7.51. The number of ether oxygens (including phenoxy) is 1. The van der Waals surface area contributed by atoms with Gasteiger partial charge < -0.3 is 10.5 Å². The van der Waals surface area contributed by atoms with Gasteiger partial charge in [0.25, 0.3) is 0 Å². The molecular formula is C18H30N2O. The van der Waals surface area contributed by atoms with Crippen LogP contribution < -0.4 is 10.5 Å². The summed E-state index contributed by atoms with van der Waals surface area (Å²) in [6, 6.07) is 8.79. The van der Waals surface area contributed by atoms with Crippen molar-refractivity contribution in [3.8, 4) is 5.75 Å². The van der Waals surface area contributed by atoms with Gasteiger partial charge in [-0.15, -0.1) is 0 Å². The number of hydrogen-bond acceptors (Lipinski definition) is 3. The standard InChI is InChI=1S/C18H30N2O/c1-14(19)15-9-10-20(13-15)11-12-21-17-7-5-16(6-8-17)18(2,3)4/h5-8,14-15H,9-13,19H2,1-4H3. The van der Waals surface area contributed by atoms with Crippen LogP contribution in [0.4, 0.5) is 0 Å². The molecule has 118 valence electrons. The van der Waals surface area contributed by atoms with E-state index in [4.69, 9.17) is 10.5 Å². The maximum Gasteiger partial charge on any atom is 0.119 e. The summed E-state index contributed by atoms with van der Waals surface area (Å²) in [7, 11) is 0. The molecule has 2 atom stereocenters. The van der Waals surface area contributed by atoms with E-state index < -0.39 is 0 Å². The van der Waals surface area contributed by atoms with Gasteiger partial charge in [-0.3, -0.25) is 4.90 Å². The van der Waals surface area contributed by atoms with E-state index in [-0.39, 0.29) is 5.41 Å². The number of nitrogens with zero attached hydrogens (tertiary/aromatic N) is 1. The summed E-state index contributed by atoms with van der Waals surface area (Å²) < 4.78 is 5.86. The van der Waals surface area contributed by atoms with Crippen molar-refractivity contribution in [3.63, 3.8) is 0 Å². The molecule has 2 unspecified atom stereocenters. The van der Waals surface area contributed by atoms with Crippen molar-refractivity contribution in [1.82, 2.24) is 4.90 Å². The smallest absolute Gasteiger partial charge is 0.119 e. The van der Waals surface area contributed by atoms with Crippen LogP contribution in [0.3, 0.4) is 0 Å². The zero-order valence-corrected chi connectivity index (χ0v) is 13.9. The molecule has 1 aromatic rings. The summed E-state index contributed by atoms with van der Waals surface area (Å²) in [5, 5.41) is 0. The molecule has 1 aliphatic heterocycles. The molecule has 0 aromatic heterocycles. The van der Waals surface area contributed by atoms with Crippen LogP contribution in [0.25, 0.3) is 0 Å². The Hall–Kier alpha value is -1.06. The van der Waals surface area contributed by atoms with Crippen LogP contribution in [0.1, 0.15) is 39.7 Å². The molecule has 1 saturated heterocycles. The van der Waals surface area contributed by atoms with Gasteiger partial charge in [0.1, 0.15) is 12.4 Å². The van der Waals surface area contributed by atoms with E-state index in [1.807, 2.05) is 0 Å². The molecule has 1 heterocycles. The van der Waals surface area contributed by atoms with Crippen LogP contribution in [-0.2, 0) is 5.41 Å². The Morgan fingerprint density at radius 3 is 2.48 bits per heavy atom. The summed E-state index contributed by atoms with van der Waals surface area (Å²) in [6.45, 7) is 12.8. The number of nitrogens with two attached hydrogens (primary N) is 1. The largest absolute Gasteiger partial charge is 0.492 e. The molecule has 0 spiro atoms. The highest BCUT2D eigenvalue weighted by molar-refractivity contribution is 5.31. The van der Waals surface area contributed by atoms with Crippen LogP contribution in [0.2, 0.25) is 0 Å². The van der Waals surface area contributed by atoms with Crippen LogP contribution >= 0.6 is 0 Å². The van der Waals surface area contributed by atoms with Gasteiger partial charge in [-0.25, -0.2) is 0 Å². The Kier molecular flexibility index (Phi) is 5.28. The Morgan fingerprint density at radius 1 is 1.29 bits per heavy atom. The van der Waals surface area contributed by atoms with E-state index in [0.717, 1.165) is 32.0 Å². The lowest BCUT2D eigenvalue weighted by Crippen LogP contribution is -2.31. The maximum absolute atomic E-state index is 5.97. The molecule has 0 saturated carbocycles. The number of benzene rings is 1. The molecule has 2 N–H and O–H groups in total. The highest BCUT2D eigenvalue weighted by Crippen LogP contribution is 2.24.